The maximum absolute atomic E-state index is 6.97. The Labute approximate surface area is 72.5 Å². The zero-order chi connectivity index (χ0) is 7.98. The molecule has 2 N–H and O–H groups in total. The van der Waals surface area contributed by atoms with Gasteiger partial charge >= 0.3 is 0 Å². The first-order chi connectivity index (χ1) is 4.63. The highest BCUT2D eigenvalue weighted by atomic mass is 35.5. The fraction of sp³-hybridized carbons (Fsp3) is 0.667. The van der Waals surface area contributed by atoms with E-state index in [1.165, 1.54) is 0 Å². The largest absolute Gasteiger partial charge is 0.308 e. The molecule has 0 atom stereocenters. The molecule has 0 aliphatic carbocycles. The minimum absolute atomic E-state index is 0. The van der Waals surface area contributed by atoms with Gasteiger partial charge < -0.3 is 10.8 Å². The van der Waals surface area contributed by atoms with Crippen molar-refractivity contribution in [3.05, 3.63) is 0 Å². The second kappa shape index (κ2) is 7.34. The topological polar surface area (TPSA) is 72.4 Å². The highest BCUT2D eigenvalue weighted by molar-refractivity contribution is 5.85. The van der Waals surface area contributed by atoms with Crippen molar-refractivity contribution < 1.29 is 0 Å². The van der Waals surface area contributed by atoms with Gasteiger partial charge in [0.1, 0.15) is 0 Å². The number of nitrogens with one attached hydrogen (secondary N) is 2. The lowest BCUT2D eigenvalue weighted by Crippen LogP contribution is -1.95. The maximum Gasteiger partial charge on any atom is 0.0971 e. The van der Waals surface area contributed by atoms with Gasteiger partial charge in [0.15, 0.2) is 0 Å². The summed E-state index contributed by atoms with van der Waals surface area (Å²) in [5.74, 6) is 0. The van der Waals surface area contributed by atoms with Gasteiger partial charge in [-0.2, -0.15) is 10.2 Å². The van der Waals surface area contributed by atoms with Crippen molar-refractivity contribution in [1.29, 1.82) is 10.8 Å². The molecular weight excluding hydrogens is 164 g/mol. The molecule has 0 unspecified atom stereocenters. The van der Waals surface area contributed by atoms with Crippen LogP contribution >= 0.6 is 12.4 Å². The summed E-state index contributed by atoms with van der Waals surface area (Å²) in [7, 11) is 0. The third-order valence-electron chi connectivity index (χ3n) is 0.716. The molecule has 0 amide bonds. The molecule has 0 aliphatic heterocycles. The first-order valence-corrected chi connectivity index (χ1v) is 3.04. The third-order valence-corrected chi connectivity index (χ3v) is 0.716. The van der Waals surface area contributed by atoms with Crippen LogP contribution < -0.4 is 0 Å². The Morgan fingerprint density at radius 1 is 1.00 bits per heavy atom. The van der Waals surface area contributed by atoms with Gasteiger partial charge in [-0.15, -0.1) is 12.4 Å². The predicted molar refractivity (Wildman–Crippen MR) is 48.6 cm³/mol. The smallest absolute Gasteiger partial charge is 0.0971 e. The molecule has 5 heteroatoms. The quantitative estimate of drug-likeness (QED) is 0.486. The van der Waals surface area contributed by atoms with Crippen LogP contribution in [0.4, 0.5) is 0 Å². The van der Waals surface area contributed by atoms with Gasteiger partial charge in [-0.3, -0.25) is 0 Å². The molecule has 0 spiro atoms. The van der Waals surface area contributed by atoms with Gasteiger partial charge in [0.2, 0.25) is 0 Å². The molecule has 11 heavy (non-hydrogen) atoms. The van der Waals surface area contributed by atoms with E-state index in [9.17, 15) is 0 Å². The van der Waals surface area contributed by atoms with Crippen molar-refractivity contribution >= 4 is 23.8 Å². The van der Waals surface area contributed by atoms with E-state index in [1.54, 1.807) is 13.8 Å². The van der Waals surface area contributed by atoms with Crippen LogP contribution in [-0.4, -0.2) is 24.5 Å². The molecule has 0 bridgehead atoms. The molecular formula is C6H13ClN4. The summed E-state index contributed by atoms with van der Waals surface area (Å²) in [6.07, 6.45) is 0. The number of hydrogen-bond donors (Lipinski definition) is 2. The minimum atomic E-state index is 0. The van der Waals surface area contributed by atoms with Crippen LogP contribution in [0.25, 0.3) is 0 Å². The number of hydrogen-bond acceptors (Lipinski definition) is 4. The van der Waals surface area contributed by atoms with E-state index in [1.807, 2.05) is 0 Å². The van der Waals surface area contributed by atoms with E-state index in [0.29, 0.717) is 24.5 Å². The van der Waals surface area contributed by atoms with Crippen LogP contribution in [0.2, 0.25) is 0 Å². The van der Waals surface area contributed by atoms with Crippen molar-refractivity contribution in [2.24, 2.45) is 10.2 Å². The second-order valence-corrected chi connectivity index (χ2v) is 2.16. The van der Waals surface area contributed by atoms with Gasteiger partial charge in [-0.05, 0) is 13.8 Å². The molecule has 0 rings (SSSR count). The number of nitrogens with zero attached hydrogens (tertiary/aromatic N) is 2. The lowest BCUT2D eigenvalue weighted by atomic mass is 10.4. The Bertz CT molecular complexity index is 146. The van der Waals surface area contributed by atoms with E-state index >= 15 is 0 Å². The van der Waals surface area contributed by atoms with E-state index in [2.05, 4.69) is 10.2 Å². The Balaban J connectivity index is 0. The van der Waals surface area contributed by atoms with Crippen LogP contribution in [0, 0.1) is 10.8 Å². The summed E-state index contributed by atoms with van der Waals surface area (Å²) in [5, 5.41) is 21.3. The molecule has 0 aromatic carbocycles. The summed E-state index contributed by atoms with van der Waals surface area (Å²) >= 11 is 0. The second-order valence-electron chi connectivity index (χ2n) is 2.16. The van der Waals surface area contributed by atoms with Crippen molar-refractivity contribution in [2.45, 2.75) is 13.8 Å². The van der Waals surface area contributed by atoms with Gasteiger partial charge in [-0.1, -0.05) is 0 Å². The Hall–Kier alpha value is -0.770. The third kappa shape index (κ3) is 12.4. The summed E-state index contributed by atoms with van der Waals surface area (Å²) in [6, 6.07) is 0. The summed E-state index contributed by atoms with van der Waals surface area (Å²) in [4.78, 5) is 0. The van der Waals surface area contributed by atoms with Gasteiger partial charge in [0, 0.05) is 11.4 Å². The molecule has 0 aromatic heterocycles. The normalized spacial score (nSPS) is 9.27. The first kappa shape index (κ1) is 12.9. The predicted octanol–water partition coefficient (Wildman–Crippen LogP) is 1.94. The average molecular weight is 177 g/mol. The lowest BCUT2D eigenvalue weighted by molar-refractivity contribution is 0.999. The highest BCUT2D eigenvalue weighted by Gasteiger charge is 1.84. The van der Waals surface area contributed by atoms with E-state index in [-0.39, 0.29) is 12.4 Å². The lowest BCUT2D eigenvalue weighted by Gasteiger charge is -1.88. The standard InChI is InChI=1S/C6H12N4.ClH/c1-5(7)3-9-10-4-6(2)8;/h7-8H,3-4H2,1-2H3;1H. The molecule has 0 saturated heterocycles. The van der Waals surface area contributed by atoms with Crippen LogP contribution in [0.5, 0.6) is 0 Å². The van der Waals surface area contributed by atoms with Crippen molar-refractivity contribution in [3.63, 3.8) is 0 Å². The number of azo groups is 1. The molecule has 0 saturated carbocycles. The van der Waals surface area contributed by atoms with Gasteiger partial charge in [0.05, 0.1) is 13.1 Å². The molecule has 0 aromatic rings. The first-order valence-electron chi connectivity index (χ1n) is 3.04. The Morgan fingerprint density at radius 3 is 1.45 bits per heavy atom. The highest BCUT2D eigenvalue weighted by Crippen LogP contribution is 1.79. The maximum atomic E-state index is 6.97. The zero-order valence-electron chi connectivity index (χ0n) is 6.72. The minimum Gasteiger partial charge on any atom is -0.308 e. The Kier molecular flexibility index (Phi) is 8.58. The fourth-order valence-electron chi connectivity index (χ4n) is 0.312. The van der Waals surface area contributed by atoms with Crippen LogP contribution in [-0.2, 0) is 0 Å². The Morgan fingerprint density at radius 2 is 1.27 bits per heavy atom. The molecule has 0 fully saturated rings. The van der Waals surface area contributed by atoms with Gasteiger partial charge in [-0.25, -0.2) is 0 Å². The van der Waals surface area contributed by atoms with E-state index < -0.39 is 0 Å². The number of rotatable bonds is 4. The van der Waals surface area contributed by atoms with E-state index in [4.69, 9.17) is 10.8 Å². The SMILES string of the molecule is CC(=N)CN=NCC(C)=N.Cl. The average Bonchev–Trinajstić information content (AvgIpc) is 1.79. The van der Waals surface area contributed by atoms with Crippen LogP contribution in [0.15, 0.2) is 10.2 Å². The summed E-state index contributed by atoms with van der Waals surface area (Å²) in [6.45, 7) is 4.06. The van der Waals surface area contributed by atoms with Crippen molar-refractivity contribution in [2.75, 3.05) is 13.1 Å². The molecule has 64 valence electrons. The monoisotopic (exact) mass is 176 g/mol. The molecule has 0 radical (unpaired) electrons. The zero-order valence-corrected chi connectivity index (χ0v) is 7.53. The number of halogens is 1. The van der Waals surface area contributed by atoms with Crippen LogP contribution in [0.1, 0.15) is 13.8 Å². The van der Waals surface area contributed by atoms with Gasteiger partial charge in [0.25, 0.3) is 0 Å². The van der Waals surface area contributed by atoms with Crippen molar-refractivity contribution in [3.8, 4) is 0 Å². The summed E-state index contributed by atoms with van der Waals surface area (Å²) < 4.78 is 0. The van der Waals surface area contributed by atoms with Crippen LogP contribution in [0.3, 0.4) is 0 Å². The fourth-order valence-corrected chi connectivity index (χ4v) is 0.312. The molecule has 4 nitrogen and oxygen atoms in total. The molecule has 0 heterocycles. The summed E-state index contributed by atoms with van der Waals surface area (Å²) in [5.41, 5.74) is 0.984. The molecule has 0 aliphatic rings. The van der Waals surface area contributed by atoms with Crippen molar-refractivity contribution in [1.82, 2.24) is 0 Å². The van der Waals surface area contributed by atoms with E-state index in [0.717, 1.165) is 0 Å².